The van der Waals surface area contributed by atoms with E-state index in [9.17, 15) is 9.59 Å². The largest absolute Gasteiger partial charge is 0.497 e. The summed E-state index contributed by atoms with van der Waals surface area (Å²) in [5, 5.41) is 11.8. The number of carbonyl (C=O) groups excluding carboxylic acids is 1. The molecule has 0 spiro atoms. The molecule has 1 rings (SSSR count). The average Bonchev–Trinajstić information content (AvgIpc) is 2.36. The molecule has 21 heavy (non-hydrogen) atoms. The Balaban J connectivity index is 2.71. The van der Waals surface area contributed by atoms with E-state index in [1.165, 1.54) is 0 Å². The number of ether oxygens (including phenoxy) is 1. The van der Waals surface area contributed by atoms with Gasteiger partial charge in [-0.2, -0.15) is 0 Å². The summed E-state index contributed by atoms with van der Waals surface area (Å²) in [5.74, 6) is -0.417. The zero-order valence-electron chi connectivity index (χ0n) is 13.0. The number of carboxylic acid groups (broad SMARTS) is 1. The molecule has 0 bridgehead atoms. The van der Waals surface area contributed by atoms with Crippen molar-refractivity contribution in [2.24, 2.45) is 5.41 Å². The van der Waals surface area contributed by atoms with Gasteiger partial charge >= 0.3 is 5.97 Å². The quantitative estimate of drug-likeness (QED) is 0.843. The van der Waals surface area contributed by atoms with Crippen molar-refractivity contribution in [3.8, 4) is 5.75 Å². The lowest BCUT2D eigenvalue weighted by Gasteiger charge is -2.30. The highest BCUT2D eigenvalue weighted by molar-refractivity contribution is 5.80. The van der Waals surface area contributed by atoms with Crippen molar-refractivity contribution in [1.82, 2.24) is 5.32 Å². The Morgan fingerprint density at radius 2 is 2.00 bits per heavy atom. The van der Waals surface area contributed by atoms with E-state index in [-0.39, 0.29) is 24.2 Å². The van der Waals surface area contributed by atoms with E-state index >= 15 is 0 Å². The summed E-state index contributed by atoms with van der Waals surface area (Å²) in [6.07, 6.45) is 0.108. The number of hydrogen-bond acceptors (Lipinski definition) is 3. The molecule has 0 saturated carbocycles. The van der Waals surface area contributed by atoms with Gasteiger partial charge in [-0.25, -0.2) is 0 Å². The number of aliphatic carboxylic acids is 1. The molecule has 0 aliphatic heterocycles. The Labute approximate surface area is 125 Å². The van der Waals surface area contributed by atoms with Gasteiger partial charge < -0.3 is 15.2 Å². The summed E-state index contributed by atoms with van der Waals surface area (Å²) < 4.78 is 5.11. The van der Waals surface area contributed by atoms with Crippen LogP contribution < -0.4 is 10.1 Å². The standard InChI is InChI=1S/C16H23NO4/c1-16(2,3)13(10-15(19)20)17-14(18)9-11-6-5-7-12(8-11)21-4/h5-8,13H,9-10H2,1-4H3,(H,17,18)(H,19,20). The average molecular weight is 293 g/mol. The number of carboxylic acids is 1. The number of nitrogens with one attached hydrogen (secondary N) is 1. The molecule has 0 fully saturated rings. The molecular formula is C16H23NO4. The summed E-state index contributed by atoms with van der Waals surface area (Å²) in [4.78, 5) is 23.0. The molecule has 1 atom stereocenters. The van der Waals surface area contributed by atoms with E-state index in [1.54, 1.807) is 13.2 Å². The van der Waals surface area contributed by atoms with E-state index in [4.69, 9.17) is 9.84 Å². The van der Waals surface area contributed by atoms with Crippen molar-refractivity contribution in [3.63, 3.8) is 0 Å². The number of benzene rings is 1. The molecule has 1 unspecified atom stereocenters. The zero-order chi connectivity index (χ0) is 16.0. The molecule has 5 heteroatoms. The molecule has 0 aromatic heterocycles. The number of hydrogen-bond donors (Lipinski definition) is 2. The van der Waals surface area contributed by atoms with Gasteiger partial charge in [0.2, 0.25) is 5.91 Å². The normalized spacial score (nSPS) is 12.6. The van der Waals surface area contributed by atoms with E-state index in [0.717, 1.165) is 5.56 Å². The van der Waals surface area contributed by atoms with Gasteiger partial charge in [0.25, 0.3) is 0 Å². The van der Waals surface area contributed by atoms with Crippen molar-refractivity contribution >= 4 is 11.9 Å². The Hall–Kier alpha value is -2.04. The molecule has 1 aromatic rings. The molecule has 0 heterocycles. The zero-order valence-corrected chi connectivity index (χ0v) is 13.0. The SMILES string of the molecule is COc1cccc(CC(=O)NC(CC(=O)O)C(C)(C)C)c1. The van der Waals surface area contributed by atoms with Crippen LogP contribution in [0.15, 0.2) is 24.3 Å². The van der Waals surface area contributed by atoms with Crippen molar-refractivity contribution in [2.75, 3.05) is 7.11 Å². The van der Waals surface area contributed by atoms with Crippen LogP contribution in [0.4, 0.5) is 0 Å². The molecule has 0 aliphatic carbocycles. The van der Waals surface area contributed by atoms with Crippen LogP contribution in [0.2, 0.25) is 0 Å². The Kier molecular flexibility index (Phi) is 5.76. The van der Waals surface area contributed by atoms with Gasteiger partial charge in [0.15, 0.2) is 0 Å². The monoisotopic (exact) mass is 293 g/mol. The fraction of sp³-hybridized carbons (Fsp3) is 0.500. The number of rotatable bonds is 6. The number of amides is 1. The fourth-order valence-corrected chi connectivity index (χ4v) is 1.96. The summed E-state index contributed by atoms with van der Waals surface area (Å²) in [6.45, 7) is 5.73. The first-order valence-electron chi connectivity index (χ1n) is 6.86. The van der Waals surface area contributed by atoms with Crippen LogP contribution in [0.5, 0.6) is 5.75 Å². The Morgan fingerprint density at radius 1 is 1.33 bits per heavy atom. The molecule has 5 nitrogen and oxygen atoms in total. The fourth-order valence-electron chi connectivity index (χ4n) is 1.96. The van der Waals surface area contributed by atoms with E-state index in [1.807, 2.05) is 39.0 Å². The molecule has 1 aromatic carbocycles. The Bertz CT molecular complexity index is 505. The molecule has 0 saturated heterocycles. The lowest BCUT2D eigenvalue weighted by molar-refractivity contribution is -0.138. The maximum Gasteiger partial charge on any atom is 0.305 e. The lowest BCUT2D eigenvalue weighted by Crippen LogP contribution is -2.45. The number of methoxy groups -OCH3 is 1. The molecule has 2 N–H and O–H groups in total. The van der Waals surface area contributed by atoms with E-state index < -0.39 is 12.0 Å². The third-order valence-corrected chi connectivity index (χ3v) is 3.26. The molecule has 116 valence electrons. The van der Waals surface area contributed by atoms with Crippen LogP contribution in [0.1, 0.15) is 32.8 Å². The number of carbonyl (C=O) groups is 2. The minimum atomic E-state index is -0.920. The van der Waals surface area contributed by atoms with Gasteiger partial charge in [-0.1, -0.05) is 32.9 Å². The van der Waals surface area contributed by atoms with Gasteiger partial charge in [-0.05, 0) is 23.1 Å². The van der Waals surface area contributed by atoms with Crippen molar-refractivity contribution in [3.05, 3.63) is 29.8 Å². The second kappa shape index (κ2) is 7.11. The lowest BCUT2D eigenvalue weighted by atomic mass is 9.84. The highest BCUT2D eigenvalue weighted by Crippen LogP contribution is 2.22. The molecule has 0 aliphatic rings. The third kappa shape index (κ3) is 5.85. The van der Waals surface area contributed by atoms with Crippen LogP contribution in [0.25, 0.3) is 0 Å². The Morgan fingerprint density at radius 3 is 2.52 bits per heavy atom. The van der Waals surface area contributed by atoms with Crippen molar-refractivity contribution in [2.45, 2.75) is 39.7 Å². The first kappa shape index (κ1) is 17.0. The maximum absolute atomic E-state index is 12.1. The van der Waals surface area contributed by atoms with Crippen LogP contribution in [0.3, 0.4) is 0 Å². The van der Waals surface area contributed by atoms with Gasteiger partial charge in [0.05, 0.1) is 20.0 Å². The van der Waals surface area contributed by atoms with Crippen LogP contribution >= 0.6 is 0 Å². The predicted molar refractivity (Wildman–Crippen MR) is 80.3 cm³/mol. The topological polar surface area (TPSA) is 75.6 Å². The highest BCUT2D eigenvalue weighted by atomic mass is 16.5. The van der Waals surface area contributed by atoms with Crippen LogP contribution in [-0.4, -0.2) is 30.1 Å². The minimum absolute atomic E-state index is 0.0899. The summed E-state index contributed by atoms with van der Waals surface area (Å²) in [7, 11) is 1.57. The van der Waals surface area contributed by atoms with Gasteiger partial charge in [0, 0.05) is 6.04 Å². The third-order valence-electron chi connectivity index (χ3n) is 3.26. The van der Waals surface area contributed by atoms with Crippen LogP contribution in [-0.2, 0) is 16.0 Å². The van der Waals surface area contributed by atoms with Crippen molar-refractivity contribution < 1.29 is 19.4 Å². The summed E-state index contributed by atoms with van der Waals surface area (Å²) in [5.41, 5.74) is 0.512. The molecule has 1 amide bonds. The minimum Gasteiger partial charge on any atom is -0.497 e. The second-order valence-electron chi connectivity index (χ2n) is 6.11. The molecule has 0 radical (unpaired) electrons. The summed E-state index contributed by atoms with van der Waals surface area (Å²) in [6, 6.07) is 6.85. The van der Waals surface area contributed by atoms with E-state index in [2.05, 4.69) is 5.32 Å². The van der Waals surface area contributed by atoms with Crippen LogP contribution in [0, 0.1) is 5.41 Å². The van der Waals surface area contributed by atoms with Gasteiger partial charge in [-0.3, -0.25) is 9.59 Å². The highest BCUT2D eigenvalue weighted by Gasteiger charge is 2.28. The summed E-state index contributed by atoms with van der Waals surface area (Å²) >= 11 is 0. The smallest absolute Gasteiger partial charge is 0.305 e. The molecular weight excluding hydrogens is 270 g/mol. The second-order valence-corrected chi connectivity index (χ2v) is 6.11. The van der Waals surface area contributed by atoms with E-state index in [0.29, 0.717) is 5.75 Å². The van der Waals surface area contributed by atoms with Gasteiger partial charge in [-0.15, -0.1) is 0 Å². The maximum atomic E-state index is 12.1. The first-order valence-corrected chi connectivity index (χ1v) is 6.86. The predicted octanol–water partition coefficient (Wildman–Crippen LogP) is 2.24. The first-order chi connectivity index (χ1) is 9.72. The van der Waals surface area contributed by atoms with Crippen molar-refractivity contribution in [1.29, 1.82) is 0 Å². The van der Waals surface area contributed by atoms with Gasteiger partial charge in [0.1, 0.15) is 5.75 Å².